The highest BCUT2D eigenvalue weighted by atomic mass is 35.5. The average molecular weight is 359 g/mol. The fraction of sp³-hybridized carbons (Fsp3) is 0.350. The fourth-order valence-corrected chi connectivity index (χ4v) is 3.20. The summed E-state index contributed by atoms with van der Waals surface area (Å²) in [5, 5.41) is 7.19. The molecule has 0 saturated heterocycles. The molecule has 3 rings (SSSR count). The summed E-state index contributed by atoms with van der Waals surface area (Å²) >= 11 is 5.92. The summed E-state index contributed by atoms with van der Waals surface area (Å²) in [5.74, 6) is 0.832. The third-order valence-corrected chi connectivity index (χ3v) is 4.80. The molecule has 1 aliphatic rings. The van der Waals surface area contributed by atoms with E-state index in [0.717, 1.165) is 31.6 Å². The number of rotatable bonds is 7. The van der Waals surface area contributed by atoms with Gasteiger partial charge in [0.25, 0.3) is 5.91 Å². The average Bonchev–Trinajstić information content (AvgIpc) is 2.59. The summed E-state index contributed by atoms with van der Waals surface area (Å²) < 4.78 is 5.16. The van der Waals surface area contributed by atoms with Crippen LogP contribution in [0.15, 0.2) is 48.5 Å². The molecule has 2 aromatic rings. The maximum absolute atomic E-state index is 12.2. The minimum absolute atomic E-state index is 0.0517. The predicted octanol–water partition coefficient (Wildman–Crippen LogP) is 3.44. The van der Waals surface area contributed by atoms with E-state index in [1.807, 2.05) is 12.1 Å². The van der Waals surface area contributed by atoms with Gasteiger partial charge in [0.1, 0.15) is 5.75 Å². The molecule has 132 valence electrons. The van der Waals surface area contributed by atoms with E-state index in [1.54, 1.807) is 31.4 Å². The van der Waals surface area contributed by atoms with Crippen LogP contribution in [0.5, 0.6) is 5.75 Å². The van der Waals surface area contributed by atoms with E-state index in [-0.39, 0.29) is 11.9 Å². The molecule has 1 fully saturated rings. The summed E-state index contributed by atoms with van der Waals surface area (Å²) in [6.07, 6.45) is 2.92. The number of methoxy groups -OCH3 is 1. The Morgan fingerprint density at radius 3 is 2.60 bits per heavy atom. The largest absolute Gasteiger partial charge is 0.497 e. The molecule has 2 N–H and O–H groups in total. The zero-order valence-corrected chi connectivity index (χ0v) is 15.1. The highest BCUT2D eigenvalue weighted by molar-refractivity contribution is 6.30. The number of carbonyl (C=O) groups excluding carboxylic acids is 1. The van der Waals surface area contributed by atoms with E-state index in [2.05, 4.69) is 22.8 Å². The number of nitrogens with one attached hydrogen (secondary N) is 2. The van der Waals surface area contributed by atoms with Gasteiger partial charge >= 0.3 is 0 Å². The first-order valence-electron chi connectivity index (χ1n) is 8.57. The molecular formula is C20H23ClN2O2. The maximum Gasteiger partial charge on any atom is 0.251 e. The van der Waals surface area contributed by atoms with Crippen LogP contribution in [0.4, 0.5) is 0 Å². The second kappa shape index (κ2) is 8.37. The minimum atomic E-state index is -0.0517. The molecule has 0 unspecified atom stereocenters. The van der Waals surface area contributed by atoms with Gasteiger partial charge in [0.15, 0.2) is 0 Å². The first kappa shape index (κ1) is 17.8. The van der Waals surface area contributed by atoms with E-state index in [0.29, 0.717) is 16.6 Å². The van der Waals surface area contributed by atoms with Crippen molar-refractivity contribution in [2.45, 2.75) is 31.3 Å². The van der Waals surface area contributed by atoms with Crippen LogP contribution in [-0.2, 0) is 6.42 Å². The smallest absolute Gasteiger partial charge is 0.251 e. The van der Waals surface area contributed by atoms with Crippen LogP contribution in [0.3, 0.4) is 0 Å². The van der Waals surface area contributed by atoms with Gasteiger partial charge in [0, 0.05) is 22.7 Å². The molecule has 1 saturated carbocycles. The van der Waals surface area contributed by atoms with Gasteiger partial charge in [-0.2, -0.15) is 0 Å². The number of ether oxygens (including phenoxy) is 1. The van der Waals surface area contributed by atoms with Gasteiger partial charge in [-0.1, -0.05) is 29.8 Å². The Kier molecular flexibility index (Phi) is 5.95. The molecule has 0 heterocycles. The molecule has 25 heavy (non-hydrogen) atoms. The lowest BCUT2D eigenvalue weighted by Gasteiger charge is -2.36. The van der Waals surface area contributed by atoms with Crippen LogP contribution in [0, 0.1) is 0 Å². The van der Waals surface area contributed by atoms with E-state index in [1.165, 1.54) is 5.56 Å². The molecule has 5 heteroatoms. The van der Waals surface area contributed by atoms with Crippen molar-refractivity contribution in [3.05, 3.63) is 64.7 Å². The van der Waals surface area contributed by atoms with Crippen molar-refractivity contribution in [1.82, 2.24) is 10.6 Å². The first-order chi connectivity index (χ1) is 12.1. The number of carbonyl (C=O) groups is 1. The summed E-state index contributed by atoms with van der Waals surface area (Å²) in [6, 6.07) is 15.9. The molecule has 4 nitrogen and oxygen atoms in total. The lowest BCUT2D eigenvalue weighted by molar-refractivity contribution is 0.0902. The van der Waals surface area contributed by atoms with Crippen LogP contribution in [-0.4, -0.2) is 31.6 Å². The van der Waals surface area contributed by atoms with E-state index >= 15 is 0 Å². The van der Waals surface area contributed by atoms with Gasteiger partial charge in [0.2, 0.25) is 0 Å². The van der Waals surface area contributed by atoms with Crippen LogP contribution in [0.25, 0.3) is 0 Å². The number of benzene rings is 2. The Morgan fingerprint density at radius 2 is 1.92 bits per heavy atom. The van der Waals surface area contributed by atoms with E-state index in [4.69, 9.17) is 16.3 Å². The van der Waals surface area contributed by atoms with Gasteiger partial charge in [-0.25, -0.2) is 0 Å². The standard InChI is InChI=1S/C20H23ClN2O2/c1-25-19-7-5-14(6-8-19)9-10-22-17-12-18(13-17)23-20(24)15-3-2-4-16(21)11-15/h2-8,11,17-18,22H,9-10,12-13H2,1H3,(H,23,24)/t17-,18-. The topological polar surface area (TPSA) is 50.4 Å². The Hall–Kier alpha value is -2.04. The molecule has 0 radical (unpaired) electrons. The minimum Gasteiger partial charge on any atom is -0.497 e. The van der Waals surface area contributed by atoms with Gasteiger partial charge in [0.05, 0.1) is 7.11 Å². The zero-order chi connectivity index (χ0) is 17.6. The van der Waals surface area contributed by atoms with Gasteiger partial charge in [-0.3, -0.25) is 4.79 Å². The van der Waals surface area contributed by atoms with Gasteiger partial charge in [-0.15, -0.1) is 0 Å². The fourth-order valence-electron chi connectivity index (χ4n) is 3.01. The predicted molar refractivity (Wildman–Crippen MR) is 100 cm³/mol. The Labute approximate surface area is 153 Å². The van der Waals surface area contributed by atoms with Crippen LogP contribution >= 0.6 is 11.6 Å². The van der Waals surface area contributed by atoms with Gasteiger partial charge in [-0.05, 0) is 61.7 Å². The number of hydrogen-bond donors (Lipinski definition) is 2. The summed E-state index contributed by atoms with van der Waals surface area (Å²) in [6.45, 7) is 0.936. The summed E-state index contributed by atoms with van der Waals surface area (Å²) in [5.41, 5.74) is 1.90. The zero-order valence-electron chi connectivity index (χ0n) is 14.3. The lowest BCUT2D eigenvalue weighted by Crippen LogP contribution is -2.52. The van der Waals surface area contributed by atoms with Crippen molar-refractivity contribution in [2.24, 2.45) is 0 Å². The monoisotopic (exact) mass is 358 g/mol. The molecule has 0 aliphatic heterocycles. The Bertz CT molecular complexity index is 712. The second-order valence-electron chi connectivity index (χ2n) is 6.40. The van der Waals surface area contributed by atoms with Crippen LogP contribution < -0.4 is 15.4 Å². The molecule has 0 atom stereocenters. The second-order valence-corrected chi connectivity index (χ2v) is 6.84. The third kappa shape index (κ3) is 4.97. The summed E-state index contributed by atoms with van der Waals surface area (Å²) in [7, 11) is 1.68. The van der Waals surface area contributed by atoms with Crippen LogP contribution in [0.1, 0.15) is 28.8 Å². The molecule has 2 aromatic carbocycles. The first-order valence-corrected chi connectivity index (χ1v) is 8.94. The SMILES string of the molecule is COc1ccc(CCN[C@H]2C[C@H](NC(=O)c3cccc(Cl)c3)C2)cc1. The van der Waals surface area contributed by atoms with Crippen molar-refractivity contribution < 1.29 is 9.53 Å². The molecule has 1 amide bonds. The third-order valence-electron chi connectivity index (χ3n) is 4.57. The van der Waals surface area contributed by atoms with Gasteiger partial charge < -0.3 is 15.4 Å². The number of halogens is 1. The molecule has 0 aromatic heterocycles. The molecule has 0 bridgehead atoms. The highest BCUT2D eigenvalue weighted by Gasteiger charge is 2.29. The van der Waals surface area contributed by atoms with E-state index in [9.17, 15) is 4.79 Å². The van der Waals surface area contributed by atoms with Crippen LogP contribution in [0.2, 0.25) is 5.02 Å². The van der Waals surface area contributed by atoms with E-state index < -0.39 is 0 Å². The lowest BCUT2D eigenvalue weighted by atomic mass is 9.86. The van der Waals surface area contributed by atoms with Crippen molar-refractivity contribution >= 4 is 17.5 Å². The Balaban J connectivity index is 1.34. The highest BCUT2D eigenvalue weighted by Crippen LogP contribution is 2.21. The number of hydrogen-bond acceptors (Lipinski definition) is 3. The quantitative estimate of drug-likeness (QED) is 0.797. The number of amides is 1. The maximum atomic E-state index is 12.2. The Morgan fingerprint density at radius 1 is 1.16 bits per heavy atom. The summed E-state index contributed by atoms with van der Waals surface area (Å²) in [4.78, 5) is 12.2. The molecular weight excluding hydrogens is 336 g/mol. The molecule has 0 spiro atoms. The van der Waals surface area contributed by atoms with Crippen molar-refractivity contribution in [2.75, 3.05) is 13.7 Å². The van der Waals surface area contributed by atoms with Crippen molar-refractivity contribution in [3.63, 3.8) is 0 Å². The van der Waals surface area contributed by atoms with Crippen molar-refractivity contribution in [1.29, 1.82) is 0 Å². The normalized spacial score (nSPS) is 19.1. The van der Waals surface area contributed by atoms with Crippen molar-refractivity contribution in [3.8, 4) is 5.75 Å². The molecule has 1 aliphatic carbocycles.